The molecule has 0 radical (unpaired) electrons. The lowest BCUT2D eigenvalue weighted by atomic mass is 9.98. The van der Waals surface area contributed by atoms with E-state index in [0.29, 0.717) is 12.1 Å². The van der Waals surface area contributed by atoms with E-state index in [1.165, 1.54) is 30.5 Å². The van der Waals surface area contributed by atoms with Gasteiger partial charge in [0, 0.05) is 31.0 Å². The van der Waals surface area contributed by atoms with E-state index >= 15 is 0 Å². The third-order valence-corrected chi connectivity index (χ3v) is 4.08. The van der Waals surface area contributed by atoms with Crippen molar-refractivity contribution in [2.24, 2.45) is 0 Å². The highest BCUT2D eigenvalue weighted by Crippen LogP contribution is 2.19. The highest BCUT2D eigenvalue weighted by atomic mass is 16.5. The zero-order valence-corrected chi connectivity index (χ0v) is 12.2. The van der Waals surface area contributed by atoms with Crippen molar-refractivity contribution in [3.8, 4) is 0 Å². The Bertz CT molecular complexity index is 375. The Labute approximate surface area is 116 Å². The molecule has 1 N–H and O–H groups in total. The SMILES string of the molecule is CNC(CCC1CCCCO1)Cc1ncccc1C. The molecule has 0 amide bonds. The van der Waals surface area contributed by atoms with Crippen molar-refractivity contribution in [2.75, 3.05) is 13.7 Å². The van der Waals surface area contributed by atoms with Gasteiger partial charge in [-0.25, -0.2) is 0 Å². The van der Waals surface area contributed by atoms with E-state index < -0.39 is 0 Å². The van der Waals surface area contributed by atoms with Crippen molar-refractivity contribution in [3.63, 3.8) is 0 Å². The summed E-state index contributed by atoms with van der Waals surface area (Å²) in [7, 11) is 2.05. The molecule has 0 aliphatic carbocycles. The number of aromatic nitrogens is 1. The summed E-state index contributed by atoms with van der Waals surface area (Å²) in [6, 6.07) is 4.64. The van der Waals surface area contributed by atoms with Crippen molar-refractivity contribution in [1.29, 1.82) is 0 Å². The molecule has 3 heteroatoms. The van der Waals surface area contributed by atoms with Gasteiger partial charge < -0.3 is 10.1 Å². The van der Waals surface area contributed by atoms with Crippen LogP contribution in [0.3, 0.4) is 0 Å². The maximum atomic E-state index is 5.80. The fourth-order valence-corrected chi connectivity index (χ4v) is 2.74. The molecular formula is C16H26N2O. The van der Waals surface area contributed by atoms with Crippen molar-refractivity contribution in [1.82, 2.24) is 10.3 Å². The monoisotopic (exact) mass is 262 g/mol. The van der Waals surface area contributed by atoms with Crippen LogP contribution >= 0.6 is 0 Å². The second-order valence-corrected chi connectivity index (χ2v) is 5.52. The minimum absolute atomic E-state index is 0.481. The van der Waals surface area contributed by atoms with Gasteiger partial charge >= 0.3 is 0 Å². The minimum atomic E-state index is 0.481. The summed E-state index contributed by atoms with van der Waals surface area (Å²) in [6.07, 6.45) is 9.50. The van der Waals surface area contributed by atoms with Gasteiger partial charge in [-0.15, -0.1) is 0 Å². The number of hydrogen-bond acceptors (Lipinski definition) is 3. The first-order chi connectivity index (χ1) is 9.29. The van der Waals surface area contributed by atoms with Crippen LogP contribution in [0, 0.1) is 6.92 Å². The number of nitrogens with zero attached hydrogens (tertiary/aromatic N) is 1. The largest absolute Gasteiger partial charge is 0.378 e. The number of likely N-dealkylation sites (N-methyl/N-ethyl adjacent to an activating group) is 1. The van der Waals surface area contributed by atoms with Gasteiger partial charge in [0.2, 0.25) is 0 Å². The van der Waals surface area contributed by atoms with Gasteiger partial charge in [-0.2, -0.15) is 0 Å². The molecule has 1 saturated heterocycles. The van der Waals surface area contributed by atoms with E-state index in [1.807, 2.05) is 19.3 Å². The van der Waals surface area contributed by atoms with Crippen LogP contribution in [0.2, 0.25) is 0 Å². The number of nitrogens with one attached hydrogen (secondary N) is 1. The lowest BCUT2D eigenvalue weighted by Crippen LogP contribution is -2.30. The molecule has 2 unspecified atom stereocenters. The summed E-state index contributed by atoms with van der Waals surface area (Å²) in [5, 5.41) is 3.42. The Balaban J connectivity index is 1.81. The summed E-state index contributed by atoms with van der Waals surface area (Å²) < 4.78 is 5.80. The summed E-state index contributed by atoms with van der Waals surface area (Å²) >= 11 is 0. The van der Waals surface area contributed by atoms with Crippen molar-refractivity contribution >= 4 is 0 Å². The average molecular weight is 262 g/mol. The Hall–Kier alpha value is -0.930. The molecule has 1 fully saturated rings. The number of ether oxygens (including phenoxy) is 1. The molecule has 1 aromatic heterocycles. The second kappa shape index (κ2) is 7.61. The summed E-state index contributed by atoms with van der Waals surface area (Å²) in [5.74, 6) is 0. The first kappa shape index (κ1) is 14.5. The van der Waals surface area contributed by atoms with E-state index in [4.69, 9.17) is 4.74 Å². The van der Waals surface area contributed by atoms with Crippen LogP contribution in [0.15, 0.2) is 18.3 Å². The zero-order valence-electron chi connectivity index (χ0n) is 12.2. The van der Waals surface area contributed by atoms with Gasteiger partial charge in [0.1, 0.15) is 0 Å². The molecule has 2 atom stereocenters. The Morgan fingerprint density at radius 3 is 3.05 bits per heavy atom. The third kappa shape index (κ3) is 4.59. The molecule has 2 rings (SSSR count). The minimum Gasteiger partial charge on any atom is -0.378 e. The predicted octanol–water partition coefficient (Wildman–Crippen LogP) is 2.87. The van der Waals surface area contributed by atoms with Gasteiger partial charge in [-0.05, 0) is 57.7 Å². The molecule has 3 nitrogen and oxygen atoms in total. The van der Waals surface area contributed by atoms with E-state index in [0.717, 1.165) is 25.9 Å². The normalized spacial score (nSPS) is 21.3. The molecule has 0 bridgehead atoms. The van der Waals surface area contributed by atoms with Crippen LogP contribution in [-0.4, -0.2) is 30.8 Å². The van der Waals surface area contributed by atoms with Gasteiger partial charge in [0.15, 0.2) is 0 Å². The van der Waals surface area contributed by atoms with E-state index in [-0.39, 0.29) is 0 Å². The van der Waals surface area contributed by atoms with E-state index in [2.05, 4.69) is 23.3 Å². The van der Waals surface area contributed by atoms with Crippen LogP contribution in [0.4, 0.5) is 0 Å². The fraction of sp³-hybridized carbons (Fsp3) is 0.688. The topological polar surface area (TPSA) is 34.1 Å². The van der Waals surface area contributed by atoms with Crippen LogP contribution in [0.1, 0.15) is 43.4 Å². The summed E-state index contributed by atoms with van der Waals surface area (Å²) in [4.78, 5) is 4.49. The van der Waals surface area contributed by atoms with E-state index in [9.17, 15) is 0 Å². The molecule has 0 spiro atoms. The maximum absolute atomic E-state index is 5.80. The second-order valence-electron chi connectivity index (χ2n) is 5.52. The molecule has 19 heavy (non-hydrogen) atoms. The highest BCUT2D eigenvalue weighted by molar-refractivity contribution is 5.18. The van der Waals surface area contributed by atoms with Crippen molar-refractivity contribution < 1.29 is 4.74 Å². The van der Waals surface area contributed by atoms with E-state index in [1.54, 1.807) is 0 Å². The van der Waals surface area contributed by atoms with Crippen LogP contribution < -0.4 is 5.32 Å². The maximum Gasteiger partial charge on any atom is 0.0575 e. The van der Waals surface area contributed by atoms with Gasteiger partial charge in [-0.3, -0.25) is 4.98 Å². The molecule has 1 aliphatic heterocycles. The number of pyridine rings is 1. The number of hydrogen-bond donors (Lipinski definition) is 1. The van der Waals surface area contributed by atoms with Crippen LogP contribution in [-0.2, 0) is 11.2 Å². The lowest BCUT2D eigenvalue weighted by Gasteiger charge is -2.25. The fourth-order valence-electron chi connectivity index (χ4n) is 2.74. The smallest absolute Gasteiger partial charge is 0.0575 e. The van der Waals surface area contributed by atoms with Gasteiger partial charge in [0.05, 0.1) is 6.10 Å². The molecule has 106 valence electrons. The van der Waals surface area contributed by atoms with Crippen LogP contribution in [0.5, 0.6) is 0 Å². The van der Waals surface area contributed by atoms with Gasteiger partial charge in [0.25, 0.3) is 0 Å². The average Bonchev–Trinajstić information content (AvgIpc) is 2.46. The first-order valence-corrected chi connectivity index (χ1v) is 7.49. The number of aryl methyl sites for hydroxylation is 1. The first-order valence-electron chi connectivity index (χ1n) is 7.49. The number of rotatable bonds is 6. The molecule has 1 aromatic rings. The van der Waals surface area contributed by atoms with Gasteiger partial charge in [-0.1, -0.05) is 6.07 Å². The summed E-state index contributed by atoms with van der Waals surface area (Å²) in [5.41, 5.74) is 2.50. The Morgan fingerprint density at radius 2 is 2.37 bits per heavy atom. The lowest BCUT2D eigenvalue weighted by molar-refractivity contribution is 0.00868. The highest BCUT2D eigenvalue weighted by Gasteiger charge is 2.17. The molecule has 2 heterocycles. The molecule has 1 aliphatic rings. The zero-order chi connectivity index (χ0) is 13.5. The summed E-state index contributed by atoms with van der Waals surface area (Å²) in [6.45, 7) is 3.09. The molecule has 0 aromatic carbocycles. The predicted molar refractivity (Wildman–Crippen MR) is 78.4 cm³/mol. The Morgan fingerprint density at radius 1 is 1.47 bits per heavy atom. The third-order valence-electron chi connectivity index (χ3n) is 4.08. The standard InChI is InChI=1S/C16H26N2O/c1-13-6-5-10-18-16(13)12-14(17-2)8-9-15-7-3-4-11-19-15/h5-6,10,14-15,17H,3-4,7-9,11-12H2,1-2H3. The molecular weight excluding hydrogens is 236 g/mol. The quantitative estimate of drug-likeness (QED) is 0.856. The molecule has 0 saturated carbocycles. The van der Waals surface area contributed by atoms with Crippen molar-refractivity contribution in [3.05, 3.63) is 29.6 Å². The van der Waals surface area contributed by atoms with Crippen LogP contribution in [0.25, 0.3) is 0 Å². The Kier molecular flexibility index (Phi) is 5.80. The van der Waals surface area contributed by atoms with Crippen molar-refractivity contribution in [2.45, 2.75) is 57.6 Å².